The second-order valence-corrected chi connectivity index (χ2v) is 8.15. The van der Waals surface area contributed by atoms with Gasteiger partial charge in [0.05, 0.1) is 24.0 Å². The van der Waals surface area contributed by atoms with Gasteiger partial charge in [-0.05, 0) is 49.9 Å². The maximum absolute atomic E-state index is 13.3. The minimum atomic E-state index is -3.54. The maximum Gasteiger partial charge on any atom is 0.283 e. The molecule has 0 amide bonds. The molecule has 2 aromatic rings. The van der Waals surface area contributed by atoms with E-state index in [4.69, 9.17) is 4.42 Å². The average Bonchev–Trinajstić information content (AvgIpc) is 3.35. The van der Waals surface area contributed by atoms with Gasteiger partial charge in [0.2, 0.25) is 0 Å². The van der Waals surface area contributed by atoms with Gasteiger partial charge < -0.3 is 4.42 Å². The summed E-state index contributed by atoms with van der Waals surface area (Å²) in [5.74, 6) is 0.727. The van der Waals surface area contributed by atoms with Gasteiger partial charge in [-0.2, -0.15) is 17.0 Å². The van der Waals surface area contributed by atoms with E-state index >= 15 is 0 Å². The van der Waals surface area contributed by atoms with Gasteiger partial charge in [-0.25, -0.2) is 0 Å². The van der Waals surface area contributed by atoms with Crippen molar-refractivity contribution in [3.63, 3.8) is 0 Å². The van der Waals surface area contributed by atoms with E-state index in [1.54, 1.807) is 21.1 Å². The zero-order chi connectivity index (χ0) is 16.6. The molecule has 2 aliphatic rings. The van der Waals surface area contributed by atoms with E-state index in [1.807, 2.05) is 30.3 Å². The molecule has 2 fully saturated rings. The highest BCUT2D eigenvalue weighted by molar-refractivity contribution is 7.86. The van der Waals surface area contributed by atoms with Crippen LogP contribution in [0.15, 0.2) is 47.2 Å². The summed E-state index contributed by atoms with van der Waals surface area (Å²) in [7, 11) is -3.54. The molecule has 0 saturated carbocycles. The molecule has 6 nitrogen and oxygen atoms in total. The van der Waals surface area contributed by atoms with E-state index < -0.39 is 10.2 Å². The van der Waals surface area contributed by atoms with Crippen molar-refractivity contribution in [2.45, 2.75) is 37.8 Å². The van der Waals surface area contributed by atoms with Crippen LogP contribution in [-0.2, 0) is 10.2 Å². The number of rotatable bonds is 4. The summed E-state index contributed by atoms with van der Waals surface area (Å²) in [5.41, 5.74) is 0.826. The van der Waals surface area contributed by atoms with Crippen LogP contribution in [0.4, 0.5) is 0 Å². The molecule has 2 saturated heterocycles. The third-order valence-electron chi connectivity index (χ3n) is 4.90. The fourth-order valence-corrected chi connectivity index (χ4v) is 5.86. The molecule has 0 unspecified atom stereocenters. The van der Waals surface area contributed by atoms with E-state index in [9.17, 15) is 8.42 Å². The van der Waals surface area contributed by atoms with Gasteiger partial charge in [-0.3, -0.25) is 4.98 Å². The van der Waals surface area contributed by atoms with Gasteiger partial charge in [0.25, 0.3) is 10.2 Å². The van der Waals surface area contributed by atoms with Gasteiger partial charge in [-0.15, -0.1) is 0 Å². The molecule has 0 N–H and O–H groups in total. The third-order valence-corrected chi connectivity index (χ3v) is 6.96. The second kappa shape index (κ2) is 6.31. The van der Waals surface area contributed by atoms with Crippen molar-refractivity contribution in [1.82, 2.24) is 13.6 Å². The molecule has 0 aliphatic carbocycles. The highest BCUT2D eigenvalue weighted by atomic mass is 32.2. The Bertz CT molecular complexity index is 777. The molecular formula is C17H21N3O3S. The SMILES string of the molecule is O=S(=O)(N1CCC[C@@H]1c1ccccn1)N1CCC[C@@H]1c1ccco1. The smallest absolute Gasteiger partial charge is 0.283 e. The Labute approximate surface area is 142 Å². The standard InChI is InChI=1S/C17H21N3O3S/c21-24(22,20-12-4-8-16(20)17-9-5-13-23-17)19-11-3-7-15(19)14-6-1-2-10-18-14/h1-2,5-6,9-10,13,15-16H,3-4,7-8,11-12H2/t15-,16-/m1/s1. The molecule has 4 heterocycles. The van der Waals surface area contributed by atoms with Crippen molar-refractivity contribution in [2.75, 3.05) is 13.1 Å². The van der Waals surface area contributed by atoms with Crippen LogP contribution in [0, 0.1) is 0 Å². The van der Waals surface area contributed by atoms with Crippen molar-refractivity contribution in [3.05, 3.63) is 54.2 Å². The van der Waals surface area contributed by atoms with Gasteiger partial charge in [0, 0.05) is 19.3 Å². The first-order valence-electron chi connectivity index (χ1n) is 8.41. The predicted octanol–water partition coefficient (Wildman–Crippen LogP) is 2.89. The normalized spacial score (nSPS) is 26.2. The summed E-state index contributed by atoms with van der Waals surface area (Å²) < 4.78 is 35.3. The molecule has 24 heavy (non-hydrogen) atoms. The van der Waals surface area contributed by atoms with Gasteiger partial charge in [-0.1, -0.05) is 6.07 Å². The lowest BCUT2D eigenvalue weighted by Gasteiger charge is -2.31. The lowest BCUT2D eigenvalue weighted by atomic mass is 10.1. The molecule has 4 rings (SSSR count). The molecule has 2 aromatic heterocycles. The Kier molecular flexibility index (Phi) is 4.15. The summed E-state index contributed by atoms with van der Waals surface area (Å²) in [6.07, 6.45) is 6.65. The van der Waals surface area contributed by atoms with Crippen LogP contribution in [0.2, 0.25) is 0 Å². The number of aromatic nitrogens is 1. The van der Waals surface area contributed by atoms with Gasteiger partial charge in [0.15, 0.2) is 0 Å². The number of furan rings is 1. The number of hydrogen-bond donors (Lipinski definition) is 0. The zero-order valence-electron chi connectivity index (χ0n) is 13.4. The van der Waals surface area contributed by atoms with Crippen LogP contribution in [0.5, 0.6) is 0 Å². The molecule has 2 aliphatic heterocycles. The highest BCUT2D eigenvalue weighted by Gasteiger charge is 2.44. The number of hydrogen-bond acceptors (Lipinski definition) is 4. The van der Waals surface area contributed by atoms with Crippen LogP contribution in [0.3, 0.4) is 0 Å². The van der Waals surface area contributed by atoms with Gasteiger partial charge in [0.1, 0.15) is 5.76 Å². The molecule has 0 bridgehead atoms. The van der Waals surface area contributed by atoms with Crippen molar-refractivity contribution in [3.8, 4) is 0 Å². The first-order valence-corrected chi connectivity index (χ1v) is 9.80. The zero-order valence-corrected chi connectivity index (χ0v) is 14.2. The predicted molar refractivity (Wildman–Crippen MR) is 89.2 cm³/mol. The lowest BCUT2D eigenvalue weighted by Crippen LogP contribution is -2.43. The summed E-state index contributed by atoms with van der Waals surface area (Å²) in [6, 6.07) is 8.97. The van der Waals surface area contributed by atoms with E-state index in [1.165, 1.54) is 0 Å². The van der Waals surface area contributed by atoms with Gasteiger partial charge >= 0.3 is 0 Å². The summed E-state index contributed by atoms with van der Waals surface area (Å²) in [4.78, 5) is 4.38. The second-order valence-electron chi connectivity index (χ2n) is 6.32. The fraction of sp³-hybridized carbons (Fsp3) is 0.471. The van der Waals surface area contributed by atoms with Crippen LogP contribution in [0.1, 0.15) is 49.2 Å². The molecule has 0 aromatic carbocycles. The minimum Gasteiger partial charge on any atom is -0.468 e. The first-order chi connectivity index (χ1) is 11.7. The fourth-order valence-electron chi connectivity index (χ4n) is 3.80. The molecule has 128 valence electrons. The molecule has 0 spiro atoms. The Morgan fingerprint density at radius 2 is 1.75 bits per heavy atom. The van der Waals surface area contributed by atoms with E-state index in [2.05, 4.69) is 4.98 Å². The lowest BCUT2D eigenvalue weighted by molar-refractivity contribution is 0.293. The largest absolute Gasteiger partial charge is 0.468 e. The van der Waals surface area contributed by atoms with Crippen LogP contribution >= 0.6 is 0 Å². The van der Waals surface area contributed by atoms with Crippen molar-refractivity contribution in [1.29, 1.82) is 0 Å². The topological polar surface area (TPSA) is 66.7 Å². The average molecular weight is 347 g/mol. The van der Waals surface area contributed by atoms with E-state index in [0.29, 0.717) is 13.1 Å². The Hall–Kier alpha value is -1.70. The number of pyridine rings is 1. The Balaban J connectivity index is 1.64. The van der Waals surface area contributed by atoms with Crippen molar-refractivity contribution < 1.29 is 12.8 Å². The highest BCUT2D eigenvalue weighted by Crippen LogP contribution is 2.40. The minimum absolute atomic E-state index is 0.172. The third kappa shape index (κ3) is 2.66. The van der Waals surface area contributed by atoms with E-state index in [0.717, 1.165) is 37.1 Å². The molecule has 2 atom stereocenters. The molecular weight excluding hydrogens is 326 g/mol. The monoisotopic (exact) mass is 347 g/mol. The first kappa shape index (κ1) is 15.8. The van der Waals surface area contributed by atoms with Crippen molar-refractivity contribution >= 4 is 10.2 Å². The Morgan fingerprint density at radius 3 is 2.42 bits per heavy atom. The summed E-state index contributed by atoms with van der Waals surface area (Å²) >= 11 is 0. The Morgan fingerprint density at radius 1 is 1.00 bits per heavy atom. The number of nitrogens with zero attached hydrogens (tertiary/aromatic N) is 3. The molecule has 0 radical (unpaired) electrons. The molecule has 7 heteroatoms. The summed E-state index contributed by atoms with van der Waals surface area (Å²) in [5, 5.41) is 0. The van der Waals surface area contributed by atoms with Crippen LogP contribution in [-0.4, -0.2) is 35.1 Å². The van der Waals surface area contributed by atoms with E-state index in [-0.39, 0.29) is 12.1 Å². The van der Waals surface area contributed by atoms with Crippen LogP contribution in [0.25, 0.3) is 0 Å². The van der Waals surface area contributed by atoms with Crippen LogP contribution < -0.4 is 0 Å². The van der Waals surface area contributed by atoms with Crippen molar-refractivity contribution in [2.24, 2.45) is 0 Å². The quantitative estimate of drug-likeness (QED) is 0.853. The summed E-state index contributed by atoms with van der Waals surface area (Å²) in [6.45, 7) is 1.09. The maximum atomic E-state index is 13.3.